The Balaban J connectivity index is 3.84. The molecule has 0 radical (unpaired) electrons. The molecule has 0 aromatic rings. The number of aliphatic hydroxyl groups excluding tert-OH is 1. The van der Waals surface area contributed by atoms with Crippen LogP contribution in [0.1, 0.15) is 26.7 Å². The number of aliphatic hydroxyl groups is 1. The highest BCUT2D eigenvalue weighted by atomic mass is 28.4. The average Bonchev–Trinajstić information content (AvgIpc) is 2.19. The van der Waals surface area contributed by atoms with Crippen LogP contribution in [-0.4, -0.2) is 34.6 Å². The van der Waals surface area contributed by atoms with Crippen LogP contribution in [0.25, 0.3) is 0 Å². The predicted octanol–water partition coefficient (Wildman–Crippen LogP) is 3.81. The van der Waals surface area contributed by atoms with Crippen molar-refractivity contribution >= 4 is 16.6 Å². The second-order valence-corrected chi connectivity index (χ2v) is 15.8. The summed E-state index contributed by atoms with van der Waals surface area (Å²) in [4.78, 5) is 0. The lowest BCUT2D eigenvalue weighted by atomic mass is 10.1. The molecule has 0 amide bonds. The first-order valence-corrected chi connectivity index (χ1v) is 13.6. The molecule has 0 aliphatic heterocycles. The van der Waals surface area contributed by atoms with Crippen LogP contribution in [0.2, 0.25) is 38.8 Å². The van der Waals surface area contributed by atoms with E-state index in [0.717, 1.165) is 18.9 Å². The highest BCUT2D eigenvalue weighted by molar-refractivity contribution is 6.84. The smallest absolute Gasteiger partial charge is 0.173 e. The van der Waals surface area contributed by atoms with Gasteiger partial charge in [0.05, 0.1) is 0 Å². The van der Waals surface area contributed by atoms with E-state index in [1.54, 1.807) is 0 Å². The first-order chi connectivity index (χ1) is 8.07. The molecule has 0 fully saturated rings. The molecule has 0 aliphatic carbocycles. The molecule has 5 heteroatoms. The van der Waals surface area contributed by atoms with Crippen LogP contribution < -0.4 is 0 Å². The van der Waals surface area contributed by atoms with Crippen molar-refractivity contribution in [2.24, 2.45) is 5.92 Å². The van der Waals surface area contributed by atoms with Gasteiger partial charge in [-0.2, -0.15) is 0 Å². The van der Waals surface area contributed by atoms with Crippen LogP contribution in [0, 0.1) is 5.92 Å². The van der Waals surface area contributed by atoms with E-state index in [4.69, 9.17) is 8.85 Å². The molecule has 0 aromatic heterocycles. The van der Waals surface area contributed by atoms with Gasteiger partial charge in [-0.1, -0.05) is 13.8 Å². The third-order valence-corrected chi connectivity index (χ3v) is 9.14. The second-order valence-electron chi connectivity index (χ2n) is 6.72. The number of hydrogen-bond acceptors (Lipinski definition) is 3. The second kappa shape index (κ2) is 7.79. The van der Waals surface area contributed by atoms with E-state index in [9.17, 15) is 5.11 Å². The number of ether oxygens (including phenoxy) is 1. The summed E-state index contributed by atoms with van der Waals surface area (Å²) >= 11 is 0. The fourth-order valence-corrected chi connectivity index (χ4v) is 9.98. The molecule has 0 heterocycles. The molecule has 0 aromatic carbocycles. The quantitative estimate of drug-likeness (QED) is 0.399. The van der Waals surface area contributed by atoms with E-state index in [1.807, 2.05) is 6.92 Å². The van der Waals surface area contributed by atoms with E-state index in [1.165, 1.54) is 0 Å². The maximum Gasteiger partial charge on any atom is 0.173 e. The van der Waals surface area contributed by atoms with Gasteiger partial charge in [0.25, 0.3) is 0 Å². The van der Waals surface area contributed by atoms with Gasteiger partial charge in [0.1, 0.15) is 0 Å². The van der Waals surface area contributed by atoms with E-state index >= 15 is 0 Å². The summed E-state index contributed by atoms with van der Waals surface area (Å²) in [6.45, 7) is 16.0. The third-order valence-electron chi connectivity index (χ3n) is 2.93. The minimum atomic E-state index is -1.55. The van der Waals surface area contributed by atoms with Crippen LogP contribution in [0.4, 0.5) is 0 Å². The molecule has 0 aliphatic rings. The normalized spacial score (nSPS) is 16.7. The van der Waals surface area contributed by atoms with Gasteiger partial charge in [-0.3, -0.25) is 0 Å². The van der Waals surface area contributed by atoms with Gasteiger partial charge in [0, 0.05) is 12.5 Å². The lowest BCUT2D eigenvalue weighted by Crippen LogP contribution is -2.42. The molecule has 0 rings (SSSR count). The Labute approximate surface area is 115 Å². The minimum Gasteiger partial charge on any atom is -0.456 e. The SMILES string of the molecule is CCC(C)C(O)OCCC[Si](C)(C)O[Si](C)(C)C. The Kier molecular flexibility index (Phi) is 7.93. The van der Waals surface area contributed by atoms with E-state index < -0.39 is 22.9 Å². The number of rotatable bonds is 9. The predicted molar refractivity (Wildman–Crippen MR) is 82.8 cm³/mol. The highest BCUT2D eigenvalue weighted by Gasteiger charge is 2.29. The van der Waals surface area contributed by atoms with E-state index in [-0.39, 0.29) is 5.92 Å². The maximum absolute atomic E-state index is 9.70. The molecule has 1 N–H and O–H groups in total. The zero-order valence-electron chi connectivity index (χ0n) is 13.2. The first kappa shape index (κ1) is 18.3. The first-order valence-electron chi connectivity index (χ1n) is 7.07. The molecule has 2 atom stereocenters. The fourth-order valence-electron chi connectivity index (χ4n) is 1.95. The molecule has 2 unspecified atom stereocenters. The summed E-state index contributed by atoms with van der Waals surface area (Å²) in [6.07, 6.45) is 1.31. The van der Waals surface area contributed by atoms with Crippen molar-refractivity contribution in [3.63, 3.8) is 0 Å². The average molecular weight is 293 g/mol. The Hall–Kier alpha value is 0.314. The van der Waals surface area contributed by atoms with E-state index in [0.29, 0.717) is 6.61 Å². The van der Waals surface area contributed by atoms with Crippen LogP contribution in [0.5, 0.6) is 0 Å². The monoisotopic (exact) mass is 292 g/mol. The molecule has 0 saturated carbocycles. The zero-order valence-corrected chi connectivity index (χ0v) is 15.2. The number of hydrogen-bond donors (Lipinski definition) is 1. The van der Waals surface area contributed by atoms with Crippen molar-refractivity contribution in [3.05, 3.63) is 0 Å². The van der Waals surface area contributed by atoms with Gasteiger partial charge in [0.15, 0.2) is 22.9 Å². The summed E-state index contributed by atoms with van der Waals surface area (Å²) in [5.74, 6) is 0.216. The summed E-state index contributed by atoms with van der Waals surface area (Å²) in [5, 5.41) is 9.70. The Morgan fingerprint density at radius 1 is 1.11 bits per heavy atom. The minimum absolute atomic E-state index is 0.216. The van der Waals surface area contributed by atoms with E-state index in [2.05, 4.69) is 39.7 Å². The van der Waals surface area contributed by atoms with Crippen molar-refractivity contribution in [2.75, 3.05) is 6.61 Å². The Morgan fingerprint density at radius 2 is 1.67 bits per heavy atom. The Morgan fingerprint density at radius 3 is 2.11 bits per heavy atom. The summed E-state index contributed by atoms with van der Waals surface area (Å²) in [7, 11) is -2.97. The summed E-state index contributed by atoms with van der Waals surface area (Å²) < 4.78 is 11.7. The van der Waals surface area contributed by atoms with Gasteiger partial charge in [-0.25, -0.2) is 0 Å². The molecule has 0 saturated heterocycles. The van der Waals surface area contributed by atoms with Crippen LogP contribution in [-0.2, 0) is 8.85 Å². The molecule has 0 spiro atoms. The zero-order chi connectivity index (χ0) is 14.4. The van der Waals surface area contributed by atoms with Crippen molar-refractivity contribution in [1.82, 2.24) is 0 Å². The van der Waals surface area contributed by atoms with Crippen LogP contribution in [0.15, 0.2) is 0 Å². The molecule has 0 bridgehead atoms. The van der Waals surface area contributed by atoms with Gasteiger partial charge >= 0.3 is 0 Å². The molecule has 3 nitrogen and oxygen atoms in total. The molecular weight excluding hydrogens is 260 g/mol. The maximum atomic E-state index is 9.70. The molecule has 18 heavy (non-hydrogen) atoms. The van der Waals surface area contributed by atoms with Crippen LogP contribution >= 0.6 is 0 Å². The lowest BCUT2D eigenvalue weighted by molar-refractivity contribution is -0.130. The van der Waals surface area contributed by atoms with Crippen molar-refractivity contribution in [1.29, 1.82) is 0 Å². The third kappa shape index (κ3) is 9.27. The van der Waals surface area contributed by atoms with Gasteiger partial charge in [0.2, 0.25) is 0 Å². The lowest BCUT2D eigenvalue weighted by Gasteiger charge is -2.31. The van der Waals surface area contributed by atoms with Gasteiger partial charge in [-0.05, 0) is 51.6 Å². The molecular formula is C13H32O3Si2. The van der Waals surface area contributed by atoms with Crippen molar-refractivity contribution in [2.45, 2.75) is 71.8 Å². The standard InChI is InChI=1S/C13H32O3Si2/c1-8-12(2)13(14)15-10-9-11-18(6,7)16-17(3,4)5/h12-14H,8-11H2,1-7H3. The highest BCUT2D eigenvalue weighted by Crippen LogP contribution is 2.20. The Bertz CT molecular complexity index is 227. The van der Waals surface area contributed by atoms with Gasteiger partial charge in [-0.15, -0.1) is 0 Å². The fraction of sp³-hybridized carbons (Fsp3) is 1.00. The largest absolute Gasteiger partial charge is 0.456 e. The van der Waals surface area contributed by atoms with Crippen LogP contribution in [0.3, 0.4) is 0 Å². The van der Waals surface area contributed by atoms with Gasteiger partial charge < -0.3 is 14.0 Å². The van der Waals surface area contributed by atoms with Crippen molar-refractivity contribution in [3.8, 4) is 0 Å². The summed E-state index contributed by atoms with van der Waals surface area (Å²) in [6, 6.07) is 1.10. The summed E-state index contributed by atoms with van der Waals surface area (Å²) in [5.41, 5.74) is 0. The van der Waals surface area contributed by atoms with Crippen molar-refractivity contribution < 1.29 is 14.0 Å². The molecule has 110 valence electrons. The topological polar surface area (TPSA) is 38.7 Å².